The molecular formula is C16H17Cl2N3O3. The number of hydrogen-bond acceptors (Lipinski definition) is 5. The predicted octanol–water partition coefficient (Wildman–Crippen LogP) is 3.66. The maximum absolute atomic E-state index is 11.1. The van der Waals surface area contributed by atoms with Crippen molar-refractivity contribution in [3.63, 3.8) is 0 Å². The maximum Gasteiger partial charge on any atom is 0.232 e. The number of nitrogens with zero attached hydrogens (tertiary/aromatic N) is 2. The van der Waals surface area contributed by atoms with Gasteiger partial charge in [0, 0.05) is 18.9 Å². The molecule has 0 radical (unpaired) electrons. The quantitative estimate of drug-likeness (QED) is 0.814. The number of methoxy groups -OCH3 is 2. The molecule has 0 saturated carbocycles. The van der Waals surface area contributed by atoms with Gasteiger partial charge in [-0.2, -0.15) is 0 Å². The molecule has 24 heavy (non-hydrogen) atoms. The van der Waals surface area contributed by atoms with Gasteiger partial charge in [-0.05, 0) is 30.2 Å². The van der Waals surface area contributed by atoms with E-state index in [2.05, 4.69) is 15.3 Å². The van der Waals surface area contributed by atoms with Gasteiger partial charge in [0.15, 0.2) is 11.5 Å². The second-order valence-corrected chi connectivity index (χ2v) is 5.82. The molecule has 2 rings (SSSR count). The lowest BCUT2D eigenvalue weighted by Gasteiger charge is -2.14. The minimum absolute atomic E-state index is 0.0743. The van der Waals surface area contributed by atoms with Crippen LogP contribution in [0.2, 0.25) is 10.3 Å². The Kier molecular flexibility index (Phi) is 5.85. The molecule has 1 aromatic carbocycles. The van der Waals surface area contributed by atoms with Crippen LogP contribution in [-0.4, -0.2) is 30.1 Å². The summed E-state index contributed by atoms with van der Waals surface area (Å²) in [6.45, 7) is 3.30. The summed E-state index contributed by atoms with van der Waals surface area (Å²) in [5, 5.41) is 2.83. The summed E-state index contributed by atoms with van der Waals surface area (Å²) in [4.78, 5) is 19.2. The standard InChI is InChI=1S/C16H17Cl2N3O3/c1-8-5-12(23-3)13(24-4)7-10(8)6-11-14(17)20-16(19-9(2)22)21-15(11)18/h5,7H,6H2,1-4H3,(H,19,20,21,22). The van der Waals surface area contributed by atoms with E-state index in [0.29, 0.717) is 23.5 Å². The lowest BCUT2D eigenvalue weighted by Crippen LogP contribution is -2.10. The summed E-state index contributed by atoms with van der Waals surface area (Å²) < 4.78 is 10.6. The summed E-state index contributed by atoms with van der Waals surface area (Å²) in [6.07, 6.45) is 0.421. The van der Waals surface area contributed by atoms with Crippen molar-refractivity contribution < 1.29 is 14.3 Å². The largest absolute Gasteiger partial charge is 0.493 e. The highest BCUT2D eigenvalue weighted by molar-refractivity contribution is 6.34. The molecule has 0 atom stereocenters. The van der Waals surface area contributed by atoms with Gasteiger partial charge >= 0.3 is 0 Å². The second kappa shape index (κ2) is 7.68. The van der Waals surface area contributed by atoms with Crippen molar-refractivity contribution in [1.29, 1.82) is 0 Å². The Morgan fingerprint density at radius 1 is 1.12 bits per heavy atom. The van der Waals surface area contributed by atoms with E-state index in [1.54, 1.807) is 14.2 Å². The molecule has 0 aliphatic heterocycles. The van der Waals surface area contributed by atoms with Crippen LogP contribution in [0.25, 0.3) is 0 Å². The lowest BCUT2D eigenvalue weighted by molar-refractivity contribution is -0.114. The molecule has 2 aromatic rings. The summed E-state index contributed by atoms with van der Waals surface area (Å²) in [6, 6.07) is 3.74. The lowest BCUT2D eigenvalue weighted by atomic mass is 10.0. The monoisotopic (exact) mass is 369 g/mol. The van der Waals surface area contributed by atoms with Gasteiger partial charge in [0.2, 0.25) is 11.9 Å². The minimum Gasteiger partial charge on any atom is -0.493 e. The summed E-state index contributed by atoms with van der Waals surface area (Å²) in [5.41, 5.74) is 2.51. The van der Waals surface area contributed by atoms with E-state index in [0.717, 1.165) is 11.1 Å². The molecular weight excluding hydrogens is 353 g/mol. The number of carbonyl (C=O) groups is 1. The Hall–Kier alpha value is -2.05. The molecule has 0 bridgehead atoms. The Morgan fingerprint density at radius 3 is 2.17 bits per heavy atom. The fourth-order valence-corrected chi connectivity index (χ4v) is 2.71. The van der Waals surface area contributed by atoms with Crippen LogP contribution >= 0.6 is 23.2 Å². The zero-order chi connectivity index (χ0) is 17.9. The highest BCUT2D eigenvalue weighted by Crippen LogP contribution is 2.33. The molecule has 0 spiro atoms. The number of ether oxygens (including phenoxy) is 2. The van der Waals surface area contributed by atoms with Gasteiger partial charge in [-0.3, -0.25) is 10.1 Å². The van der Waals surface area contributed by atoms with E-state index >= 15 is 0 Å². The fraction of sp³-hybridized carbons (Fsp3) is 0.312. The number of nitrogens with one attached hydrogen (secondary N) is 1. The molecule has 1 heterocycles. The third-order valence-electron chi connectivity index (χ3n) is 3.40. The smallest absolute Gasteiger partial charge is 0.232 e. The Morgan fingerprint density at radius 2 is 1.67 bits per heavy atom. The second-order valence-electron chi connectivity index (χ2n) is 5.10. The predicted molar refractivity (Wildman–Crippen MR) is 93.4 cm³/mol. The van der Waals surface area contributed by atoms with Crippen LogP contribution in [0, 0.1) is 6.92 Å². The van der Waals surface area contributed by atoms with Crippen LogP contribution in [0.5, 0.6) is 11.5 Å². The zero-order valence-electron chi connectivity index (χ0n) is 13.7. The highest BCUT2D eigenvalue weighted by atomic mass is 35.5. The van der Waals surface area contributed by atoms with Crippen LogP contribution in [0.15, 0.2) is 12.1 Å². The van der Waals surface area contributed by atoms with Gasteiger partial charge in [-0.25, -0.2) is 9.97 Å². The van der Waals surface area contributed by atoms with Gasteiger partial charge in [-0.1, -0.05) is 23.2 Å². The molecule has 128 valence electrons. The van der Waals surface area contributed by atoms with Crippen molar-refractivity contribution in [3.8, 4) is 11.5 Å². The van der Waals surface area contributed by atoms with Crippen LogP contribution in [0.4, 0.5) is 5.95 Å². The van der Waals surface area contributed by atoms with Crippen molar-refractivity contribution in [2.45, 2.75) is 20.3 Å². The summed E-state index contributed by atoms with van der Waals surface area (Å²) in [5.74, 6) is 1.03. The first-order chi connectivity index (χ1) is 11.3. The summed E-state index contributed by atoms with van der Waals surface area (Å²) in [7, 11) is 3.15. The average Bonchev–Trinajstić information content (AvgIpc) is 2.51. The number of carbonyl (C=O) groups excluding carboxylic acids is 1. The van der Waals surface area contributed by atoms with E-state index < -0.39 is 0 Å². The van der Waals surface area contributed by atoms with E-state index in [9.17, 15) is 4.79 Å². The van der Waals surface area contributed by atoms with Crippen LogP contribution < -0.4 is 14.8 Å². The third kappa shape index (κ3) is 4.07. The number of aryl methyl sites for hydroxylation is 1. The van der Waals surface area contributed by atoms with E-state index in [4.69, 9.17) is 32.7 Å². The van der Waals surface area contributed by atoms with Crippen molar-refractivity contribution in [2.75, 3.05) is 19.5 Å². The van der Waals surface area contributed by atoms with Crippen LogP contribution in [0.3, 0.4) is 0 Å². The number of halogens is 2. The number of anilines is 1. The van der Waals surface area contributed by atoms with Crippen LogP contribution in [0.1, 0.15) is 23.6 Å². The summed E-state index contributed by atoms with van der Waals surface area (Å²) >= 11 is 12.4. The molecule has 0 aliphatic carbocycles. The first-order valence-electron chi connectivity index (χ1n) is 7.06. The number of aromatic nitrogens is 2. The highest BCUT2D eigenvalue weighted by Gasteiger charge is 2.16. The van der Waals surface area contributed by atoms with Gasteiger partial charge in [0.25, 0.3) is 0 Å². The topological polar surface area (TPSA) is 73.3 Å². The van der Waals surface area contributed by atoms with Gasteiger partial charge in [-0.15, -0.1) is 0 Å². The number of benzene rings is 1. The minimum atomic E-state index is -0.300. The Balaban J connectivity index is 2.39. The SMILES string of the molecule is COc1cc(C)c(Cc2c(Cl)nc(NC(C)=O)nc2Cl)cc1OC. The molecule has 1 amide bonds. The molecule has 6 nitrogen and oxygen atoms in total. The zero-order valence-corrected chi connectivity index (χ0v) is 15.2. The maximum atomic E-state index is 11.1. The number of hydrogen-bond donors (Lipinski definition) is 1. The molecule has 0 unspecified atom stereocenters. The average molecular weight is 370 g/mol. The van der Waals surface area contributed by atoms with E-state index in [1.165, 1.54) is 6.92 Å². The molecule has 1 aromatic heterocycles. The van der Waals surface area contributed by atoms with Gasteiger partial charge in [0.1, 0.15) is 10.3 Å². The number of rotatable bonds is 5. The van der Waals surface area contributed by atoms with E-state index in [-0.39, 0.29) is 22.2 Å². The molecule has 0 fully saturated rings. The first kappa shape index (κ1) is 18.3. The van der Waals surface area contributed by atoms with Crippen molar-refractivity contribution in [1.82, 2.24) is 9.97 Å². The van der Waals surface area contributed by atoms with Crippen molar-refractivity contribution in [3.05, 3.63) is 39.1 Å². The van der Waals surface area contributed by atoms with Crippen molar-refractivity contribution >= 4 is 35.1 Å². The molecule has 8 heteroatoms. The normalized spacial score (nSPS) is 10.4. The first-order valence-corrected chi connectivity index (χ1v) is 7.82. The third-order valence-corrected chi connectivity index (χ3v) is 4.03. The van der Waals surface area contributed by atoms with Crippen molar-refractivity contribution in [2.24, 2.45) is 0 Å². The van der Waals surface area contributed by atoms with Gasteiger partial charge in [0.05, 0.1) is 14.2 Å². The fourth-order valence-electron chi connectivity index (χ4n) is 2.19. The van der Waals surface area contributed by atoms with E-state index in [1.807, 2.05) is 19.1 Å². The molecule has 0 aliphatic rings. The van der Waals surface area contributed by atoms with Gasteiger partial charge < -0.3 is 9.47 Å². The Bertz CT molecular complexity index is 758. The molecule has 0 saturated heterocycles. The number of amides is 1. The molecule has 1 N–H and O–H groups in total. The van der Waals surface area contributed by atoms with Crippen LogP contribution in [-0.2, 0) is 11.2 Å². The Labute approximate surface area is 150 Å².